The zero-order valence-electron chi connectivity index (χ0n) is 8.73. The fourth-order valence-electron chi connectivity index (χ4n) is 2.34. The van der Waals surface area contributed by atoms with E-state index in [2.05, 4.69) is 0 Å². The number of anilines is 1. The van der Waals surface area contributed by atoms with Crippen molar-refractivity contribution in [3.63, 3.8) is 0 Å². The van der Waals surface area contributed by atoms with E-state index in [0.717, 1.165) is 24.1 Å². The van der Waals surface area contributed by atoms with E-state index in [1.165, 1.54) is 5.56 Å². The van der Waals surface area contributed by atoms with Crippen molar-refractivity contribution < 1.29 is 9.90 Å². The van der Waals surface area contributed by atoms with Crippen molar-refractivity contribution in [1.82, 2.24) is 0 Å². The van der Waals surface area contributed by atoms with Gasteiger partial charge in [-0.25, -0.2) is 0 Å². The second-order valence-corrected chi connectivity index (χ2v) is 4.23. The minimum atomic E-state index is -0.727. The van der Waals surface area contributed by atoms with Gasteiger partial charge in [0.15, 0.2) is 0 Å². The molecule has 2 unspecified atom stereocenters. The first-order chi connectivity index (χ1) is 7.09. The highest BCUT2D eigenvalue weighted by Gasteiger charge is 2.30. The Labute approximate surface area is 88.9 Å². The number of hydrogen-bond acceptors (Lipinski definition) is 2. The average molecular weight is 205 g/mol. The topological polar surface area (TPSA) is 63.3 Å². The fraction of sp³-hybridized carbons (Fsp3) is 0.417. The van der Waals surface area contributed by atoms with E-state index < -0.39 is 5.97 Å². The van der Waals surface area contributed by atoms with Gasteiger partial charge in [-0.2, -0.15) is 0 Å². The first-order valence-electron chi connectivity index (χ1n) is 5.20. The van der Waals surface area contributed by atoms with Gasteiger partial charge in [0.1, 0.15) is 0 Å². The molecular weight excluding hydrogens is 190 g/mol. The van der Waals surface area contributed by atoms with Gasteiger partial charge >= 0.3 is 5.97 Å². The van der Waals surface area contributed by atoms with Crippen LogP contribution in [0.4, 0.5) is 5.69 Å². The van der Waals surface area contributed by atoms with Crippen LogP contribution in [0.5, 0.6) is 0 Å². The molecule has 3 N–H and O–H groups in total. The van der Waals surface area contributed by atoms with E-state index in [-0.39, 0.29) is 11.8 Å². The molecule has 0 saturated carbocycles. The van der Waals surface area contributed by atoms with Gasteiger partial charge in [0.25, 0.3) is 0 Å². The summed E-state index contributed by atoms with van der Waals surface area (Å²) in [4.78, 5) is 10.9. The Morgan fingerprint density at radius 3 is 3.00 bits per heavy atom. The predicted octanol–water partition coefficient (Wildman–Crippen LogP) is 2.02. The van der Waals surface area contributed by atoms with E-state index >= 15 is 0 Å². The summed E-state index contributed by atoms with van der Waals surface area (Å²) in [5.41, 5.74) is 8.82. The van der Waals surface area contributed by atoms with E-state index in [1.54, 1.807) is 6.92 Å². The van der Waals surface area contributed by atoms with E-state index in [4.69, 9.17) is 10.8 Å². The maximum Gasteiger partial charge on any atom is 0.306 e. The Kier molecular flexibility index (Phi) is 2.39. The second kappa shape index (κ2) is 3.57. The maximum absolute atomic E-state index is 10.9. The Balaban J connectivity index is 2.35. The Morgan fingerprint density at radius 2 is 2.33 bits per heavy atom. The van der Waals surface area contributed by atoms with Crippen molar-refractivity contribution in [3.8, 4) is 0 Å². The van der Waals surface area contributed by atoms with Crippen LogP contribution in [0.3, 0.4) is 0 Å². The quantitative estimate of drug-likeness (QED) is 0.726. The van der Waals surface area contributed by atoms with Gasteiger partial charge < -0.3 is 10.8 Å². The Bertz CT molecular complexity index is 401. The lowest BCUT2D eigenvalue weighted by atomic mass is 9.88. The van der Waals surface area contributed by atoms with E-state index in [9.17, 15) is 4.79 Å². The Morgan fingerprint density at radius 1 is 1.60 bits per heavy atom. The third kappa shape index (κ3) is 1.69. The summed E-state index contributed by atoms with van der Waals surface area (Å²) in [5.74, 6) is -0.927. The molecule has 0 aromatic heterocycles. The molecule has 0 bridgehead atoms. The molecule has 1 aliphatic rings. The standard InChI is InChI=1S/C12H15NO2/c1-7(12(14)15)10-5-3-8-2-4-9(13)6-11(8)10/h2,4,6-7,10H,3,5,13H2,1H3,(H,14,15). The van der Waals surface area contributed by atoms with Gasteiger partial charge in [0.05, 0.1) is 5.92 Å². The number of rotatable bonds is 2. The summed E-state index contributed by atoms with van der Waals surface area (Å²) in [6, 6.07) is 5.82. The molecule has 0 spiro atoms. The number of benzene rings is 1. The molecule has 15 heavy (non-hydrogen) atoms. The van der Waals surface area contributed by atoms with Crippen LogP contribution >= 0.6 is 0 Å². The van der Waals surface area contributed by atoms with E-state index in [0.29, 0.717) is 0 Å². The monoisotopic (exact) mass is 205 g/mol. The molecule has 1 aromatic carbocycles. The fourth-order valence-corrected chi connectivity index (χ4v) is 2.34. The number of carboxylic acids is 1. The summed E-state index contributed by atoms with van der Waals surface area (Å²) in [6.45, 7) is 1.77. The lowest BCUT2D eigenvalue weighted by Gasteiger charge is -2.16. The molecule has 1 aromatic rings. The molecule has 0 amide bonds. The smallest absolute Gasteiger partial charge is 0.306 e. The van der Waals surface area contributed by atoms with Gasteiger partial charge in [0, 0.05) is 5.69 Å². The molecule has 0 saturated heterocycles. The number of hydrogen-bond donors (Lipinski definition) is 2. The number of fused-ring (bicyclic) bond motifs is 1. The summed E-state index contributed by atoms with van der Waals surface area (Å²) in [5, 5.41) is 9.01. The van der Waals surface area contributed by atoms with Crippen molar-refractivity contribution in [1.29, 1.82) is 0 Å². The first kappa shape index (κ1) is 10.0. The molecular formula is C12H15NO2. The number of nitrogens with two attached hydrogens (primary N) is 1. The van der Waals surface area contributed by atoms with Crippen molar-refractivity contribution >= 4 is 11.7 Å². The van der Waals surface area contributed by atoms with Crippen molar-refractivity contribution in [2.24, 2.45) is 5.92 Å². The number of carbonyl (C=O) groups is 1. The summed E-state index contributed by atoms with van der Waals surface area (Å²) in [7, 11) is 0. The van der Waals surface area contributed by atoms with Gasteiger partial charge in [-0.3, -0.25) is 4.79 Å². The zero-order valence-corrected chi connectivity index (χ0v) is 8.73. The molecule has 2 atom stereocenters. The molecule has 1 aliphatic carbocycles. The minimum absolute atomic E-state index is 0.126. The normalized spacial score (nSPS) is 21.0. The number of nitrogen functional groups attached to an aromatic ring is 1. The predicted molar refractivity (Wildman–Crippen MR) is 58.7 cm³/mol. The first-order valence-corrected chi connectivity index (χ1v) is 5.20. The van der Waals surface area contributed by atoms with Crippen molar-refractivity contribution in [2.45, 2.75) is 25.7 Å². The maximum atomic E-state index is 10.9. The van der Waals surface area contributed by atoms with Crippen LogP contribution in [0.1, 0.15) is 30.4 Å². The summed E-state index contributed by atoms with van der Waals surface area (Å²) in [6.07, 6.45) is 1.89. The second-order valence-electron chi connectivity index (χ2n) is 4.23. The van der Waals surface area contributed by atoms with Gasteiger partial charge in [0.2, 0.25) is 0 Å². The largest absolute Gasteiger partial charge is 0.481 e. The number of carboxylic acid groups (broad SMARTS) is 1. The van der Waals surface area contributed by atoms with Gasteiger partial charge in [-0.05, 0) is 42.0 Å². The SMILES string of the molecule is CC(C(=O)O)C1CCc2ccc(N)cc21. The highest BCUT2D eigenvalue weighted by Crippen LogP contribution is 2.39. The van der Waals surface area contributed by atoms with Crippen LogP contribution < -0.4 is 5.73 Å². The third-order valence-corrected chi connectivity index (χ3v) is 3.29. The molecule has 3 nitrogen and oxygen atoms in total. The lowest BCUT2D eigenvalue weighted by Crippen LogP contribution is -2.17. The van der Waals surface area contributed by atoms with Crippen LogP contribution in [-0.4, -0.2) is 11.1 Å². The summed E-state index contributed by atoms with van der Waals surface area (Å²) >= 11 is 0. The van der Waals surface area contributed by atoms with Crippen LogP contribution in [0.25, 0.3) is 0 Å². The van der Waals surface area contributed by atoms with Crippen molar-refractivity contribution in [3.05, 3.63) is 29.3 Å². The molecule has 3 heteroatoms. The number of aryl methyl sites for hydroxylation is 1. The minimum Gasteiger partial charge on any atom is -0.481 e. The van der Waals surface area contributed by atoms with Gasteiger partial charge in [-0.15, -0.1) is 0 Å². The molecule has 0 radical (unpaired) electrons. The highest BCUT2D eigenvalue weighted by atomic mass is 16.4. The lowest BCUT2D eigenvalue weighted by molar-refractivity contribution is -0.141. The van der Waals surface area contributed by atoms with E-state index in [1.807, 2.05) is 18.2 Å². The zero-order chi connectivity index (χ0) is 11.0. The van der Waals surface area contributed by atoms with Crippen molar-refractivity contribution in [2.75, 3.05) is 5.73 Å². The van der Waals surface area contributed by atoms with Crippen LogP contribution in [0, 0.1) is 5.92 Å². The molecule has 0 fully saturated rings. The van der Waals surface area contributed by atoms with Crippen LogP contribution in [0.2, 0.25) is 0 Å². The summed E-state index contributed by atoms with van der Waals surface area (Å²) < 4.78 is 0. The highest BCUT2D eigenvalue weighted by molar-refractivity contribution is 5.71. The van der Waals surface area contributed by atoms with Crippen LogP contribution in [-0.2, 0) is 11.2 Å². The molecule has 2 rings (SSSR count). The Hall–Kier alpha value is -1.51. The average Bonchev–Trinajstić information content (AvgIpc) is 2.59. The van der Waals surface area contributed by atoms with Gasteiger partial charge in [-0.1, -0.05) is 13.0 Å². The van der Waals surface area contributed by atoms with Crippen LogP contribution in [0.15, 0.2) is 18.2 Å². The molecule has 80 valence electrons. The molecule has 0 aliphatic heterocycles. The number of aliphatic carboxylic acids is 1. The molecule has 0 heterocycles. The third-order valence-electron chi connectivity index (χ3n) is 3.29.